The summed E-state index contributed by atoms with van der Waals surface area (Å²) in [7, 11) is 0. The molecule has 0 bridgehead atoms. The number of hydrogen-bond donors (Lipinski definition) is 2. The van der Waals surface area contributed by atoms with Crippen LogP contribution in [0.3, 0.4) is 0 Å². The number of hydrogen-bond acceptors (Lipinski definition) is 6. The number of carbonyl (C=O) groups excluding carboxylic acids is 2. The summed E-state index contributed by atoms with van der Waals surface area (Å²) in [4.78, 5) is 25.9. The van der Waals surface area contributed by atoms with Crippen LogP contribution >= 0.6 is 0 Å². The van der Waals surface area contributed by atoms with E-state index in [1.54, 1.807) is 11.1 Å². The predicted molar refractivity (Wildman–Crippen MR) is 109 cm³/mol. The normalized spacial score (nSPS) is 16.5. The predicted octanol–water partition coefficient (Wildman–Crippen LogP) is 3.01. The number of ether oxygens (including phenoxy) is 1. The van der Waals surface area contributed by atoms with E-state index in [9.17, 15) is 9.59 Å². The Morgan fingerprint density at radius 1 is 1.29 bits per heavy atom. The van der Waals surface area contributed by atoms with Crippen molar-refractivity contribution in [3.8, 4) is 0 Å². The Morgan fingerprint density at radius 3 is 2.68 bits per heavy atom. The Morgan fingerprint density at radius 2 is 2.00 bits per heavy atom. The van der Waals surface area contributed by atoms with E-state index in [1.165, 1.54) is 6.08 Å². The highest BCUT2D eigenvalue weighted by Crippen LogP contribution is 2.30. The van der Waals surface area contributed by atoms with E-state index in [0.717, 1.165) is 27.3 Å². The molecule has 0 aromatic heterocycles. The maximum atomic E-state index is 12.7. The molecule has 0 spiro atoms. The summed E-state index contributed by atoms with van der Waals surface area (Å²) < 4.78 is 5.10. The van der Waals surface area contributed by atoms with Crippen LogP contribution in [0, 0.1) is 6.92 Å². The molecule has 1 saturated heterocycles. The van der Waals surface area contributed by atoms with Crippen molar-refractivity contribution in [1.82, 2.24) is 4.90 Å². The number of benzene rings is 2. The van der Waals surface area contributed by atoms with Crippen molar-refractivity contribution in [2.24, 2.45) is 5.84 Å². The Hall–Kier alpha value is -3.32. The first-order chi connectivity index (χ1) is 13.4. The molecule has 1 heterocycles. The smallest absolute Gasteiger partial charge is 0.417 e. The van der Waals surface area contributed by atoms with Crippen molar-refractivity contribution in [3.63, 3.8) is 0 Å². The van der Waals surface area contributed by atoms with Gasteiger partial charge in [-0.25, -0.2) is 15.5 Å². The van der Waals surface area contributed by atoms with Gasteiger partial charge in [0.1, 0.15) is 12.6 Å². The van der Waals surface area contributed by atoms with Gasteiger partial charge in [-0.1, -0.05) is 36.4 Å². The molecule has 7 nitrogen and oxygen atoms in total. The second kappa shape index (κ2) is 8.14. The van der Waals surface area contributed by atoms with Crippen LogP contribution in [-0.2, 0) is 9.53 Å². The quantitative estimate of drug-likeness (QED) is 0.358. The summed E-state index contributed by atoms with van der Waals surface area (Å²) >= 11 is 0. The molecule has 1 fully saturated rings. The zero-order valence-electron chi connectivity index (χ0n) is 16.0. The lowest BCUT2D eigenvalue weighted by molar-refractivity contribution is -0.124. The summed E-state index contributed by atoms with van der Waals surface area (Å²) in [6, 6.07) is 12.6. The van der Waals surface area contributed by atoms with Crippen molar-refractivity contribution in [2.75, 3.05) is 23.9 Å². The third-order valence-corrected chi connectivity index (χ3v) is 4.88. The molecule has 1 atom stereocenters. The molecule has 1 aliphatic heterocycles. The lowest BCUT2D eigenvalue weighted by atomic mass is 10.0. The second-order valence-corrected chi connectivity index (χ2v) is 6.54. The summed E-state index contributed by atoms with van der Waals surface area (Å²) in [5, 5.41) is 1.56. The topological polar surface area (TPSA) is 102 Å². The fourth-order valence-corrected chi connectivity index (χ4v) is 3.16. The maximum Gasteiger partial charge on any atom is 0.417 e. The number of nitrogen functional groups attached to an aromatic ring is 1. The molecule has 28 heavy (non-hydrogen) atoms. The van der Waals surface area contributed by atoms with Gasteiger partial charge in [-0.2, -0.15) is 0 Å². The van der Waals surface area contributed by atoms with Gasteiger partial charge in [-0.05, 0) is 42.7 Å². The number of nitrogens with two attached hydrogens (primary N) is 2. The Bertz CT molecular complexity index is 911. The Labute approximate surface area is 164 Å². The first-order valence-electron chi connectivity index (χ1n) is 9.08. The van der Waals surface area contributed by atoms with Crippen LogP contribution in [0.25, 0.3) is 6.08 Å². The molecular formula is C21H24N4O3. The molecule has 3 rings (SSSR count). The lowest BCUT2D eigenvalue weighted by Crippen LogP contribution is -2.32. The summed E-state index contributed by atoms with van der Waals surface area (Å²) in [6.07, 6.45) is 2.37. The molecule has 2 aromatic rings. The number of nitrogens with zero attached hydrogens (tertiary/aromatic N) is 2. The van der Waals surface area contributed by atoms with Crippen molar-refractivity contribution < 1.29 is 14.3 Å². The number of cyclic esters (lactones) is 1. The van der Waals surface area contributed by atoms with Crippen LogP contribution in [0.2, 0.25) is 0 Å². The maximum absolute atomic E-state index is 12.7. The summed E-state index contributed by atoms with van der Waals surface area (Å²) in [6.45, 7) is 4.56. The van der Waals surface area contributed by atoms with E-state index in [4.69, 9.17) is 16.3 Å². The SMILES string of the molecule is CCN(N)c1ccc(/C=C/C(=O)N2C(=O)OCC2c2ccccc2)c(C)c1N. The first-order valence-corrected chi connectivity index (χ1v) is 9.08. The minimum absolute atomic E-state index is 0.145. The van der Waals surface area contributed by atoms with E-state index < -0.39 is 18.0 Å². The van der Waals surface area contributed by atoms with Gasteiger partial charge in [0.2, 0.25) is 0 Å². The van der Waals surface area contributed by atoms with Crippen molar-refractivity contribution >= 4 is 29.5 Å². The average Bonchev–Trinajstić information content (AvgIpc) is 3.10. The van der Waals surface area contributed by atoms with E-state index in [2.05, 4.69) is 0 Å². The zero-order chi connectivity index (χ0) is 20.3. The van der Waals surface area contributed by atoms with Crippen LogP contribution in [0.4, 0.5) is 16.2 Å². The molecule has 0 saturated carbocycles. The molecule has 1 unspecified atom stereocenters. The molecule has 1 aliphatic rings. The Balaban J connectivity index is 1.83. The molecule has 7 heteroatoms. The van der Waals surface area contributed by atoms with E-state index in [-0.39, 0.29) is 6.61 Å². The minimum Gasteiger partial charge on any atom is -0.446 e. The monoisotopic (exact) mass is 380 g/mol. The highest BCUT2D eigenvalue weighted by Gasteiger charge is 2.37. The molecule has 2 aromatic carbocycles. The number of rotatable bonds is 5. The second-order valence-electron chi connectivity index (χ2n) is 6.54. The van der Waals surface area contributed by atoms with Crippen LogP contribution in [0.1, 0.15) is 29.7 Å². The van der Waals surface area contributed by atoms with Gasteiger partial charge < -0.3 is 15.5 Å². The van der Waals surface area contributed by atoms with Crippen LogP contribution in [-0.4, -0.2) is 30.1 Å². The van der Waals surface area contributed by atoms with Gasteiger partial charge in [0, 0.05) is 12.6 Å². The molecule has 2 amide bonds. The lowest BCUT2D eigenvalue weighted by Gasteiger charge is -2.20. The van der Waals surface area contributed by atoms with Gasteiger partial charge in [0.15, 0.2) is 0 Å². The Kier molecular flexibility index (Phi) is 5.65. The number of hydrazine groups is 1. The van der Waals surface area contributed by atoms with Crippen LogP contribution in [0.5, 0.6) is 0 Å². The number of carbonyl (C=O) groups is 2. The van der Waals surface area contributed by atoms with E-state index >= 15 is 0 Å². The third-order valence-electron chi connectivity index (χ3n) is 4.88. The highest BCUT2D eigenvalue weighted by molar-refractivity contribution is 6.02. The van der Waals surface area contributed by atoms with Crippen LogP contribution < -0.4 is 16.6 Å². The first kappa shape index (κ1) is 19.4. The van der Waals surface area contributed by atoms with Gasteiger partial charge in [-0.3, -0.25) is 4.79 Å². The fraction of sp³-hybridized carbons (Fsp3) is 0.238. The largest absolute Gasteiger partial charge is 0.446 e. The van der Waals surface area contributed by atoms with Gasteiger partial charge in [-0.15, -0.1) is 0 Å². The van der Waals surface area contributed by atoms with Crippen molar-refractivity contribution in [2.45, 2.75) is 19.9 Å². The standard InChI is InChI=1S/C21H24N4O3/c1-3-24(23)17-11-9-15(14(2)20(17)22)10-12-19(26)25-18(13-28-21(25)27)16-7-5-4-6-8-16/h4-12,18H,3,13,22-23H2,1-2H3/b12-10+. The third kappa shape index (κ3) is 3.70. The van der Waals surface area contributed by atoms with Crippen LogP contribution in [0.15, 0.2) is 48.5 Å². The molecule has 0 aliphatic carbocycles. The van der Waals surface area contributed by atoms with Crippen molar-refractivity contribution in [3.05, 3.63) is 65.2 Å². The number of anilines is 2. The fourth-order valence-electron chi connectivity index (χ4n) is 3.16. The number of imide groups is 1. The van der Waals surface area contributed by atoms with Crippen molar-refractivity contribution in [1.29, 1.82) is 0 Å². The van der Waals surface area contributed by atoms with E-state index in [0.29, 0.717) is 12.2 Å². The molecule has 4 N–H and O–H groups in total. The minimum atomic E-state index is -0.642. The molecule has 146 valence electrons. The summed E-state index contributed by atoms with van der Waals surface area (Å²) in [5.74, 6) is 5.49. The van der Waals surface area contributed by atoms with Gasteiger partial charge in [0.05, 0.1) is 11.4 Å². The average molecular weight is 380 g/mol. The van der Waals surface area contributed by atoms with Gasteiger partial charge in [0.25, 0.3) is 5.91 Å². The zero-order valence-corrected chi connectivity index (χ0v) is 16.0. The molecular weight excluding hydrogens is 356 g/mol. The van der Waals surface area contributed by atoms with E-state index in [1.807, 2.05) is 56.3 Å². The number of amides is 2. The summed E-state index contributed by atoms with van der Waals surface area (Å²) in [5.41, 5.74) is 9.92. The van der Waals surface area contributed by atoms with Gasteiger partial charge >= 0.3 is 6.09 Å². The highest BCUT2D eigenvalue weighted by atomic mass is 16.6. The molecule has 0 radical (unpaired) electrons.